The lowest BCUT2D eigenvalue weighted by molar-refractivity contribution is -0.137. The number of carbonyl (C=O) groups is 2. The fourth-order valence-electron chi connectivity index (χ4n) is 1.58. The van der Waals surface area contributed by atoms with Gasteiger partial charge in [0.05, 0.1) is 18.9 Å². The van der Waals surface area contributed by atoms with Gasteiger partial charge in [-0.15, -0.1) is 5.10 Å². The standard InChI is InChI=1S/C11H14N6O3/c1-8-4-13-16(5-8)3-2-12-11(20)9-6-17(15-14-9)7-10(18)19/h4-6H,2-3,7H2,1H3,(H,12,20)(H,18,19). The molecule has 0 aromatic carbocycles. The fraction of sp³-hybridized carbons (Fsp3) is 0.364. The highest BCUT2D eigenvalue weighted by molar-refractivity contribution is 5.91. The average molecular weight is 278 g/mol. The molecule has 9 nitrogen and oxygen atoms in total. The highest BCUT2D eigenvalue weighted by Gasteiger charge is 2.11. The van der Waals surface area contributed by atoms with Crippen molar-refractivity contribution in [3.63, 3.8) is 0 Å². The minimum atomic E-state index is -1.05. The molecule has 2 aromatic heterocycles. The molecule has 0 fully saturated rings. The SMILES string of the molecule is Cc1cnn(CCNC(=O)c2cn(CC(=O)O)nn2)c1. The number of carbonyl (C=O) groups excluding carboxylic acids is 1. The third kappa shape index (κ3) is 3.64. The summed E-state index contributed by atoms with van der Waals surface area (Å²) in [6, 6.07) is 0. The molecule has 0 bridgehead atoms. The van der Waals surface area contributed by atoms with Gasteiger partial charge in [0.1, 0.15) is 6.54 Å². The lowest BCUT2D eigenvalue weighted by Crippen LogP contribution is -2.27. The molecule has 0 atom stereocenters. The lowest BCUT2D eigenvalue weighted by atomic mass is 10.4. The van der Waals surface area contributed by atoms with E-state index in [0.29, 0.717) is 13.1 Å². The third-order valence-corrected chi connectivity index (χ3v) is 2.46. The quantitative estimate of drug-likeness (QED) is 0.722. The second-order valence-corrected chi connectivity index (χ2v) is 4.23. The van der Waals surface area contributed by atoms with Crippen molar-refractivity contribution < 1.29 is 14.7 Å². The second-order valence-electron chi connectivity index (χ2n) is 4.23. The van der Waals surface area contributed by atoms with Gasteiger partial charge in [0, 0.05) is 12.7 Å². The minimum Gasteiger partial charge on any atom is -0.480 e. The third-order valence-electron chi connectivity index (χ3n) is 2.46. The molecule has 106 valence electrons. The van der Waals surface area contributed by atoms with E-state index in [0.717, 1.165) is 10.2 Å². The molecular weight excluding hydrogens is 264 g/mol. The summed E-state index contributed by atoms with van der Waals surface area (Å²) in [5, 5.41) is 22.5. The minimum absolute atomic E-state index is 0.0860. The van der Waals surface area contributed by atoms with Crippen LogP contribution in [0.25, 0.3) is 0 Å². The molecule has 2 rings (SSSR count). The maximum atomic E-state index is 11.7. The van der Waals surface area contributed by atoms with E-state index in [4.69, 9.17) is 5.11 Å². The van der Waals surface area contributed by atoms with Crippen LogP contribution in [-0.4, -0.2) is 48.3 Å². The summed E-state index contributed by atoms with van der Waals surface area (Å²) in [6.45, 7) is 2.55. The molecule has 2 heterocycles. The first-order valence-corrected chi connectivity index (χ1v) is 5.94. The van der Waals surface area contributed by atoms with Gasteiger partial charge in [-0.05, 0) is 12.5 Å². The Labute approximate surface area is 114 Å². The van der Waals surface area contributed by atoms with Crippen LogP contribution in [0.5, 0.6) is 0 Å². The molecule has 0 saturated heterocycles. The molecule has 20 heavy (non-hydrogen) atoms. The summed E-state index contributed by atoms with van der Waals surface area (Å²) in [7, 11) is 0. The van der Waals surface area contributed by atoms with Crippen LogP contribution in [0.4, 0.5) is 0 Å². The Hall–Kier alpha value is -2.71. The number of hydrogen-bond acceptors (Lipinski definition) is 5. The lowest BCUT2D eigenvalue weighted by Gasteiger charge is -2.02. The van der Waals surface area contributed by atoms with Crippen LogP contribution in [0, 0.1) is 6.92 Å². The van der Waals surface area contributed by atoms with E-state index in [1.807, 2.05) is 13.1 Å². The number of hydrogen-bond donors (Lipinski definition) is 2. The van der Waals surface area contributed by atoms with Crippen LogP contribution >= 0.6 is 0 Å². The molecule has 0 unspecified atom stereocenters. The Bertz CT molecular complexity index is 617. The predicted molar refractivity (Wildman–Crippen MR) is 67.0 cm³/mol. The fourth-order valence-corrected chi connectivity index (χ4v) is 1.58. The van der Waals surface area contributed by atoms with Crippen LogP contribution in [0.3, 0.4) is 0 Å². The molecule has 0 aliphatic rings. The molecular formula is C11H14N6O3. The molecule has 0 aliphatic heterocycles. The van der Waals surface area contributed by atoms with Crippen molar-refractivity contribution in [1.82, 2.24) is 30.1 Å². The Morgan fingerprint density at radius 2 is 2.15 bits per heavy atom. The smallest absolute Gasteiger partial charge is 0.325 e. The van der Waals surface area contributed by atoms with Gasteiger partial charge in [0.15, 0.2) is 5.69 Å². The largest absolute Gasteiger partial charge is 0.480 e. The Kier molecular flexibility index (Phi) is 4.08. The molecule has 0 spiro atoms. The van der Waals surface area contributed by atoms with Crippen molar-refractivity contribution in [2.24, 2.45) is 0 Å². The number of rotatable bonds is 6. The van der Waals surface area contributed by atoms with Crippen molar-refractivity contribution in [2.45, 2.75) is 20.0 Å². The normalized spacial score (nSPS) is 10.4. The van der Waals surface area contributed by atoms with Gasteiger partial charge >= 0.3 is 5.97 Å². The molecule has 2 aromatic rings. The number of nitrogens with zero attached hydrogens (tertiary/aromatic N) is 5. The zero-order valence-corrected chi connectivity index (χ0v) is 10.9. The van der Waals surface area contributed by atoms with E-state index in [1.54, 1.807) is 10.9 Å². The van der Waals surface area contributed by atoms with E-state index < -0.39 is 11.9 Å². The summed E-state index contributed by atoms with van der Waals surface area (Å²) in [4.78, 5) is 22.2. The topological polar surface area (TPSA) is 115 Å². The van der Waals surface area contributed by atoms with E-state index in [9.17, 15) is 9.59 Å². The highest BCUT2D eigenvalue weighted by Crippen LogP contribution is 1.95. The number of aromatic nitrogens is 5. The van der Waals surface area contributed by atoms with Gasteiger partial charge < -0.3 is 10.4 Å². The molecule has 1 amide bonds. The van der Waals surface area contributed by atoms with Gasteiger partial charge in [-0.3, -0.25) is 14.3 Å². The van der Waals surface area contributed by atoms with E-state index in [1.165, 1.54) is 6.20 Å². The monoisotopic (exact) mass is 278 g/mol. The van der Waals surface area contributed by atoms with Gasteiger partial charge in [0.2, 0.25) is 0 Å². The van der Waals surface area contributed by atoms with E-state index in [2.05, 4.69) is 20.7 Å². The first-order valence-electron chi connectivity index (χ1n) is 5.94. The zero-order valence-electron chi connectivity index (χ0n) is 10.9. The second kappa shape index (κ2) is 5.95. The van der Waals surface area contributed by atoms with Gasteiger partial charge in [0.25, 0.3) is 5.91 Å². The van der Waals surface area contributed by atoms with Crippen LogP contribution < -0.4 is 5.32 Å². The Morgan fingerprint density at radius 3 is 2.80 bits per heavy atom. The maximum absolute atomic E-state index is 11.7. The van der Waals surface area contributed by atoms with Crippen LogP contribution in [0.1, 0.15) is 16.1 Å². The molecule has 0 radical (unpaired) electrons. The van der Waals surface area contributed by atoms with Crippen molar-refractivity contribution >= 4 is 11.9 Å². The van der Waals surface area contributed by atoms with Crippen LogP contribution in [0.15, 0.2) is 18.6 Å². The summed E-state index contributed by atoms with van der Waals surface area (Å²) in [6.07, 6.45) is 4.90. The van der Waals surface area contributed by atoms with E-state index in [-0.39, 0.29) is 12.2 Å². The van der Waals surface area contributed by atoms with Crippen molar-refractivity contribution in [3.8, 4) is 0 Å². The van der Waals surface area contributed by atoms with Crippen LogP contribution in [0.2, 0.25) is 0 Å². The summed E-state index contributed by atoms with van der Waals surface area (Å²) in [5.74, 6) is -1.44. The van der Waals surface area contributed by atoms with E-state index >= 15 is 0 Å². The predicted octanol–water partition coefficient (Wildman–Crippen LogP) is -0.702. The highest BCUT2D eigenvalue weighted by atomic mass is 16.4. The summed E-state index contributed by atoms with van der Waals surface area (Å²) >= 11 is 0. The van der Waals surface area contributed by atoms with Gasteiger partial charge in [-0.1, -0.05) is 5.21 Å². The van der Waals surface area contributed by atoms with Crippen molar-refractivity contribution in [2.75, 3.05) is 6.54 Å². The van der Waals surface area contributed by atoms with Gasteiger partial charge in [-0.2, -0.15) is 5.10 Å². The number of carboxylic acid groups (broad SMARTS) is 1. The number of carboxylic acids is 1. The number of amides is 1. The molecule has 2 N–H and O–H groups in total. The molecule has 0 saturated carbocycles. The Morgan fingerprint density at radius 1 is 1.35 bits per heavy atom. The maximum Gasteiger partial charge on any atom is 0.325 e. The first kappa shape index (κ1) is 13.7. The molecule has 9 heteroatoms. The Balaban J connectivity index is 1.82. The van der Waals surface area contributed by atoms with Crippen LogP contribution in [-0.2, 0) is 17.9 Å². The molecule has 0 aliphatic carbocycles. The van der Waals surface area contributed by atoms with Gasteiger partial charge in [-0.25, -0.2) is 4.68 Å². The number of nitrogens with one attached hydrogen (secondary N) is 1. The average Bonchev–Trinajstić information content (AvgIpc) is 2.98. The van der Waals surface area contributed by atoms with Crippen molar-refractivity contribution in [1.29, 1.82) is 0 Å². The zero-order chi connectivity index (χ0) is 14.5. The first-order chi connectivity index (χ1) is 9.54. The number of aryl methyl sites for hydroxylation is 1. The van der Waals surface area contributed by atoms with Crippen molar-refractivity contribution in [3.05, 3.63) is 29.8 Å². The number of aliphatic carboxylic acids is 1. The summed E-state index contributed by atoms with van der Waals surface area (Å²) < 4.78 is 2.81. The summed E-state index contributed by atoms with van der Waals surface area (Å²) in [5.41, 5.74) is 1.14.